The summed E-state index contributed by atoms with van der Waals surface area (Å²) in [7, 11) is 0. The molecule has 0 saturated carbocycles. The number of benzene rings is 1. The van der Waals surface area contributed by atoms with Crippen molar-refractivity contribution in [1.29, 1.82) is 0 Å². The first-order valence-electron chi connectivity index (χ1n) is 9.49. The molecule has 2 aromatic rings. The fraction of sp³-hybridized carbons (Fsp3) is 0.550. The van der Waals surface area contributed by atoms with Crippen LogP contribution >= 0.6 is 0 Å². The molecular formula is C20H27N3O2. The Morgan fingerprint density at radius 3 is 3.04 bits per heavy atom. The number of rotatable bonds is 5. The molecule has 5 nitrogen and oxygen atoms in total. The molecule has 0 bridgehead atoms. The predicted molar refractivity (Wildman–Crippen MR) is 98.2 cm³/mol. The van der Waals surface area contributed by atoms with E-state index in [1.165, 1.54) is 18.2 Å². The first-order valence-corrected chi connectivity index (χ1v) is 9.49. The quantitative estimate of drug-likeness (QED) is 0.877. The van der Waals surface area contributed by atoms with E-state index >= 15 is 0 Å². The molecule has 1 aromatic carbocycles. The number of likely N-dealkylation sites (tertiary alicyclic amines) is 1. The summed E-state index contributed by atoms with van der Waals surface area (Å²) in [5, 5.41) is 7.58. The summed E-state index contributed by atoms with van der Waals surface area (Å²) >= 11 is 0. The van der Waals surface area contributed by atoms with Gasteiger partial charge in [-0.15, -0.1) is 0 Å². The Morgan fingerprint density at radius 2 is 2.20 bits per heavy atom. The van der Waals surface area contributed by atoms with Gasteiger partial charge >= 0.3 is 0 Å². The number of nitrogens with one attached hydrogen (secondary N) is 2. The van der Waals surface area contributed by atoms with E-state index in [0.29, 0.717) is 5.92 Å². The summed E-state index contributed by atoms with van der Waals surface area (Å²) in [5.41, 5.74) is 0.961. The molecule has 2 aliphatic heterocycles. The molecule has 134 valence electrons. The summed E-state index contributed by atoms with van der Waals surface area (Å²) in [6.07, 6.45) is 4.44. The van der Waals surface area contributed by atoms with Crippen LogP contribution in [0.5, 0.6) is 0 Å². The van der Waals surface area contributed by atoms with E-state index < -0.39 is 0 Å². The van der Waals surface area contributed by atoms with Gasteiger partial charge < -0.3 is 15.1 Å². The minimum atomic E-state index is 0.0234. The zero-order valence-electron chi connectivity index (χ0n) is 14.7. The summed E-state index contributed by atoms with van der Waals surface area (Å²) < 4.78 is 5.95. The van der Waals surface area contributed by atoms with E-state index in [9.17, 15) is 4.79 Å². The highest BCUT2D eigenvalue weighted by Crippen LogP contribution is 2.23. The third-order valence-electron chi connectivity index (χ3n) is 5.40. The molecule has 0 aliphatic carbocycles. The number of piperidine rings is 1. The Labute approximate surface area is 148 Å². The summed E-state index contributed by atoms with van der Waals surface area (Å²) in [6, 6.07) is 10.3. The lowest BCUT2D eigenvalue weighted by Gasteiger charge is -2.32. The zero-order valence-corrected chi connectivity index (χ0v) is 14.7. The molecule has 25 heavy (non-hydrogen) atoms. The van der Waals surface area contributed by atoms with Crippen molar-refractivity contribution in [2.75, 3.05) is 26.2 Å². The molecule has 2 unspecified atom stereocenters. The number of amides is 1. The van der Waals surface area contributed by atoms with Crippen molar-refractivity contribution in [3.8, 4) is 0 Å². The van der Waals surface area contributed by atoms with E-state index in [2.05, 4.69) is 27.7 Å². The van der Waals surface area contributed by atoms with Gasteiger partial charge in [0.05, 0.1) is 12.6 Å². The number of carbonyl (C=O) groups excluding carboxylic acids is 1. The molecule has 0 radical (unpaired) electrons. The third kappa shape index (κ3) is 4.05. The van der Waals surface area contributed by atoms with Gasteiger partial charge in [0.25, 0.3) is 0 Å². The highest BCUT2D eigenvalue weighted by atomic mass is 16.3. The smallest absolute Gasteiger partial charge is 0.237 e. The SMILES string of the molecule is O=C(NCC1CCCN(Cc2cc3ccccc3o2)C1)C1CCCN1. The van der Waals surface area contributed by atoms with Crippen molar-refractivity contribution >= 4 is 16.9 Å². The second kappa shape index (κ2) is 7.58. The summed E-state index contributed by atoms with van der Waals surface area (Å²) in [5.74, 6) is 1.73. The number of para-hydroxylation sites is 1. The summed E-state index contributed by atoms with van der Waals surface area (Å²) in [6.45, 7) is 4.73. The van der Waals surface area contributed by atoms with Crippen LogP contribution in [-0.2, 0) is 11.3 Å². The number of hydrogen-bond donors (Lipinski definition) is 2. The molecule has 2 fully saturated rings. The zero-order chi connectivity index (χ0) is 17.1. The second-order valence-electron chi connectivity index (χ2n) is 7.39. The molecule has 1 aromatic heterocycles. The molecule has 1 amide bonds. The van der Waals surface area contributed by atoms with Gasteiger partial charge in [-0.25, -0.2) is 0 Å². The minimum absolute atomic E-state index is 0.0234. The van der Waals surface area contributed by atoms with E-state index in [1.54, 1.807) is 0 Å². The lowest BCUT2D eigenvalue weighted by atomic mass is 9.97. The molecule has 2 saturated heterocycles. The van der Waals surface area contributed by atoms with Crippen LogP contribution in [0, 0.1) is 5.92 Å². The van der Waals surface area contributed by atoms with Gasteiger partial charge in [0, 0.05) is 18.5 Å². The van der Waals surface area contributed by atoms with Crippen LogP contribution < -0.4 is 10.6 Å². The number of carbonyl (C=O) groups is 1. The Kier molecular flexibility index (Phi) is 5.04. The number of furan rings is 1. The van der Waals surface area contributed by atoms with Gasteiger partial charge in [-0.3, -0.25) is 9.69 Å². The monoisotopic (exact) mass is 341 g/mol. The van der Waals surface area contributed by atoms with Crippen LogP contribution in [-0.4, -0.2) is 43.0 Å². The Hall–Kier alpha value is -1.85. The molecule has 4 rings (SSSR count). The van der Waals surface area contributed by atoms with Crippen molar-refractivity contribution in [2.24, 2.45) is 5.92 Å². The largest absolute Gasteiger partial charge is 0.460 e. The van der Waals surface area contributed by atoms with Crippen LogP contribution in [0.1, 0.15) is 31.4 Å². The molecule has 2 N–H and O–H groups in total. The van der Waals surface area contributed by atoms with Crippen LogP contribution in [0.25, 0.3) is 11.0 Å². The third-order valence-corrected chi connectivity index (χ3v) is 5.40. The van der Waals surface area contributed by atoms with Crippen LogP contribution in [0.2, 0.25) is 0 Å². The van der Waals surface area contributed by atoms with E-state index in [1.807, 2.05) is 18.2 Å². The van der Waals surface area contributed by atoms with Crippen molar-refractivity contribution in [2.45, 2.75) is 38.3 Å². The Bertz CT molecular complexity index is 688. The van der Waals surface area contributed by atoms with Gasteiger partial charge in [0.15, 0.2) is 0 Å². The predicted octanol–water partition coefficient (Wildman–Crippen LogP) is 2.51. The second-order valence-corrected chi connectivity index (χ2v) is 7.39. The molecular weight excluding hydrogens is 314 g/mol. The molecule has 2 aliphatic rings. The lowest BCUT2D eigenvalue weighted by molar-refractivity contribution is -0.123. The van der Waals surface area contributed by atoms with Crippen LogP contribution in [0.15, 0.2) is 34.7 Å². The standard InChI is InChI=1S/C20H27N3O2/c24-20(18-7-3-9-21-18)22-12-15-5-4-10-23(13-15)14-17-11-16-6-1-2-8-19(16)25-17/h1-2,6,8,11,15,18,21H,3-5,7,9-10,12-14H2,(H,22,24). The lowest BCUT2D eigenvalue weighted by Crippen LogP contribution is -2.45. The van der Waals surface area contributed by atoms with E-state index in [0.717, 1.165) is 56.9 Å². The number of fused-ring (bicyclic) bond motifs is 1. The van der Waals surface area contributed by atoms with Gasteiger partial charge in [0.2, 0.25) is 5.91 Å². The fourth-order valence-electron chi connectivity index (χ4n) is 4.07. The van der Waals surface area contributed by atoms with Crippen molar-refractivity contribution in [3.05, 3.63) is 36.1 Å². The maximum atomic E-state index is 12.2. The highest BCUT2D eigenvalue weighted by Gasteiger charge is 2.25. The van der Waals surface area contributed by atoms with Gasteiger partial charge in [-0.2, -0.15) is 0 Å². The molecule has 5 heteroatoms. The van der Waals surface area contributed by atoms with Crippen LogP contribution in [0.3, 0.4) is 0 Å². The Balaban J connectivity index is 1.29. The van der Waals surface area contributed by atoms with Crippen LogP contribution in [0.4, 0.5) is 0 Å². The van der Waals surface area contributed by atoms with Gasteiger partial charge in [0.1, 0.15) is 11.3 Å². The number of hydrogen-bond acceptors (Lipinski definition) is 4. The first kappa shape index (κ1) is 16.6. The van der Waals surface area contributed by atoms with Gasteiger partial charge in [-0.1, -0.05) is 18.2 Å². The maximum absolute atomic E-state index is 12.2. The van der Waals surface area contributed by atoms with Crippen molar-refractivity contribution in [1.82, 2.24) is 15.5 Å². The summed E-state index contributed by atoms with van der Waals surface area (Å²) in [4.78, 5) is 14.6. The van der Waals surface area contributed by atoms with E-state index in [-0.39, 0.29) is 11.9 Å². The molecule has 2 atom stereocenters. The normalized spacial score (nSPS) is 24.6. The number of nitrogens with zero attached hydrogens (tertiary/aromatic N) is 1. The fourth-order valence-corrected chi connectivity index (χ4v) is 4.07. The highest BCUT2D eigenvalue weighted by molar-refractivity contribution is 5.82. The minimum Gasteiger partial charge on any atom is -0.460 e. The van der Waals surface area contributed by atoms with Crippen molar-refractivity contribution < 1.29 is 9.21 Å². The maximum Gasteiger partial charge on any atom is 0.237 e. The molecule has 3 heterocycles. The van der Waals surface area contributed by atoms with Crippen molar-refractivity contribution in [3.63, 3.8) is 0 Å². The first-order chi connectivity index (χ1) is 12.3. The Morgan fingerprint density at radius 1 is 1.28 bits per heavy atom. The molecule has 0 spiro atoms. The topological polar surface area (TPSA) is 57.5 Å². The average Bonchev–Trinajstić information content (AvgIpc) is 3.29. The van der Waals surface area contributed by atoms with Gasteiger partial charge in [-0.05, 0) is 56.8 Å². The average molecular weight is 341 g/mol. The van der Waals surface area contributed by atoms with E-state index in [4.69, 9.17) is 4.42 Å².